The molecule has 1 aromatic rings. The average molecular weight is 233 g/mol. The molecule has 0 heterocycles. The maximum atomic E-state index is 10.6. The molecule has 0 saturated heterocycles. The Kier molecular flexibility index (Phi) is 3.79. The first-order valence-corrected chi connectivity index (χ1v) is 6.23. The van der Waals surface area contributed by atoms with Crippen molar-refractivity contribution in [3.05, 3.63) is 35.4 Å². The number of carboxylic acid groups (broad SMARTS) is 1. The number of carboxylic acids is 1. The minimum Gasteiger partial charge on any atom is -0.481 e. The van der Waals surface area contributed by atoms with Crippen molar-refractivity contribution in [3.8, 4) is 0 Å². The minimum absolute atomic E-state index is 0.0775. The summed E-state index contributed by atoms with van der Waals surface area (Å²) in [4.78, 5) is 10.6. The van der Waals surface area contributed by atoms with Gasteiger partial charge in [0.15, 0.2) is 0 Å². The molecule has 1 aromatic carbocycles. The fourth-order valence-corrected chi connectivity index (χ4v) is 2.38. The van der Waals surface area contributed by atoms with Crippen LogP contribution >= 0.6 is 0 Å². The summed E-state index contributed by atoms with van der Waals surface area (Å²) in [7, 11) is 0. The quantitative estimate of drug-likeness (QED) is 0.821. The van der Waals surface area contributed by atoms with Crippen molar-refractivity contribution in [2.75, 3.05) is 0 Å². The van der Waals surface area contributed by atoms with E-state index in [0.29, 0.717) is 12.3 Å². The van der Waals surface area contributed by atoms with E-state index >= 15 is 0 Å². The van der Waals surface area contributed by atoms with Crippen molar-refractivity contribution in [1.82, 2.24) is 0 Å². The van der Waals surface area contributed by atoms with E-state index in [1.807, 2.05) is 24.3 Å². The molecule has 2 rings (SSSR count). The lowest BCUT2D eigenvalue weighted by Gasteiger charge is -2.32. The third-order valence-corrected chi connectivity index (χ3v) is 3.68. The second-order valence-corrected chi connectivity index (χ2v) is 4.81. The van der Waals surface area contributed by atoms with Gasteiger partial charge in [0.05, 0.1) is 0 Å². The highest BCUT2D eigenvalue weighted by Crippen LogP contribution is 2.37. The van der Waals surface area contributed by atoms with Crippen LogP contribution < -0.4 is 5.73 Å². The first kappa shape index (κ1) is 12.1. The third kappa shape index (κ3) is 2.86. The molecule has 3 heteroatoms. The van der Waals surface area contributed by atoms with Gasteiger partial charge < -0.3 is 10.8 Å². The second kappa shape index (κ2) is 5.32. The largest absolute Gasteiger partial charge is 0.481 e. The number of aryl methyl sites for hydroxylation is 1. The molecule has 1 atom stereocenters. The van der Waals surface area contributed by atoms with E-state index in [4.69, 9.17) is 10.8 Å². The van der Waals surface area contributed by atoms with E-state index in [0.717, 1.165) is 11.1 Å². The fourth-order valence-electron chi connectivity index (χ4n) is 2.38. The van der Waals surface area contributed by atoms with E-state index in [1.54, 1.807) is 0 Å². The number of benzene rings is 1. The van der Waals surface area contributed by atoms with E-state index < -0.39 is 5.97 Å². The summed E-state index contributed by atoms with van der Waals surface area (Å²) in [5.41, 5.74) is 8.49. The Morgan fingerprint density at radius 2 is 2.12 bits per heavy atom. The Labute approximate surface area is 102 Å². The normalized spacial score (nSPS) is 17.5. The Morgan fingerprint density at radius 3 is 2.71 bits per heavy atom. The van der Waals surface area contributed by atoms with E-state index in [1.165, 1.54) is 19.3 Å². The third-order valence-electron chi connectivity index (χ3n) is 3.68. The summed E-state index contributed by atoms with van der Waals surface area (Å²) >= 11 is 0. The van der Waals surface area contributed by atoms with Crippen LogP contribution in [0.1, 0.15) is 42.9 Å². The van der Waals surface area contributed by atoms with E-state index in [9.17, 15) is 4.79 Å². The highest BCUT2D eigenvalue weighted by Gasteiger charge is 2.26. The molecule has 0 bridgehead atoms. The molecule has 1 unspecified atom stereocenters. The van der Waals surface area contributed by atoms with E-state index in [-0.39, 0.29) is 12.5 Å². The van der Waals surface area contributed by atoms with Crippen LogP contribution in [0.3, 0.4) is 0 Å². The highest BCUT2D eigenvalue weighted by molar-refractivity contribution is 5.67. The van der Waals surface area contributed by atoms with Crippen molar-refractivity contribution >= 4 is 5.97 Å². The highest BCUT2D eigenvalue weighted by atomic mass is 16.4. The standard InChI is InChI=1S/C14H19NO2/c15-14(11-5-3-6-11)12-7-2-1-4-10(12)8-9-13(16)17/h1-2,4,7,11,14H,3,5-6,8-9,15H2,(H,16,17). The van der Waals surface area contributed by atoms with Crippen molar-refractivity contribution in [3.63, 3.8) is 0 Å². The first-order chi connectivity index (χ1) is 8.18. The van der Waals surface area contributed by atoms with Crippen molar-refractivity contribution in [1.29, 1.82) is 0 Å². The van der Waals surface area contributed by atoms with Gasteiger partial charge in [-0.3, -0.25) is 4.79 Å². The predicted molar refractivity (Wildman–Crippen MR) is 66.7 cm³/mol. The van der Waals surface area contributed by atoms with Crippen LogP contribution in [0.4, 0.5) is 0 Å². The zero-order valence-corrected chi connectivity index (χ0v) is 9.93. The number of hydrogen-bond acceptors (Lipinski definition) is 2. The summed E-state index contributed by atoms with van der Waals surface area (Å²) in [6, 6.07) is 8.05. The molecule has 1 fully saturated rings. The molecule has 0 aliphatic heterocycles. The molecule has 1 aliphatic rings. The Morgan fingerprint density at radius 1 is 1.41 bits per heavy atom. The van der Waals surface area contributed by atoms with E-state index in [2.05, 4.69) is 0 Å². The van der Waals surface area contributed by atoms with Crippen LogP contribution in [0.5, 0.6) is 0 Å². The van der Waals surface area contributed by atoms with Crippen molar-refractivity contribution in [2.24, 2.45) is 11.7 Å². The van der Waals surface area contributed by atoms with Crippen LogP contribution in [0.2, 0.25) is 0 Å². The predicted octanol–water partition coefficient (Wildman–Crippen LogP) is 2.50. The van der Waals surface area contributed by atoms with Gasteiger partial charge in [0, 0.05) is 12.5 Å². The lowest BCUT2D eigenvalue weighted by molar-refractivity contribution is -0.136. The van der Waals surface area contributed by atoms with Gasteiger partial charge >= 0.3 is 5.97 Å². The first-order valence-electron chi connectivity index (χ1n) is 6.23. The van der Waals surface area contributed by atoms with Gasteiger partial charge in [-0.25, -0.2) is 0 Å². The van der Waals surface area contributed by atoms with Gasteiger partial charge in [0.1, 0.15) is 0 Å². The number of hydrogen-bond donors (Lipinski definition) is 2. The van der Waals surface area contributed by atoms with Crippen LogP contribution in [-0.2, 0) is 11.2 Å². The molecule has 0 amide bonds. The molecule has 0 spiro atoms. The Hall–Kier alpha value is -1.35. The molecule has 1 saturated carbocycles. The molecule has 17 heavy (non-hydrogen) atoms. The van der Waals surface area contributed by atoms with Gasteiger partial charge in [-0.2, -0.15) is 0 Å². The van der Waals surface area contributed by atoms with Crippen molar-refractivity contribution in [2.45, 2.75) is 38.1 Å². The fraction of sp³-hybridized carbons (Fsp3) is 0.500. The number of carbonyl (C=O) groups is 1. The maximum absolute atomic E-state index is 10.6. The van der Waals surface area contributed by atoms with Gasteiger partial charge in [-0.15, -0.1) is 0 Å². The number of nitrogens with two attached hydrogens (primary N) is 1. The lowest BCUT2D eigenvalue weighted by Crippen LogP contribution is -2.27. The summed E-state index contributed by atoms with van der Waals surface area (Å²) in [6.45, 7) is 0. The smallest absolute Gasteiger partial charge is 0.303 e. The van der Waals surface area contributed by atoms with Gasteiger partial charge in [-0.1, -0.05) is 30.7 Å². The van der Waals surface area contributed by atoms with Crippen LogP contribution in [0.15, 0.2) is 24.3 Å². The van der Waals surface area contributed by atoms with Gasteiger partial charge in [0.2, 0.25) is 0 Å². The summed E-state index contributed by atoms with van der Waals surface area (Å²) in [5.74, 6) is -0.169. The van der Waals surface area contributed by atoms with Gasteiger partial charge in [0.25, 0.3) is 0 Å². The topological polar surface area (TPSA) is 63.3 Å². The van der Waals surface area contributed by atoms with Crippen molar-refractivity contribution < 1.29 is 9.90 Å². The molecule has 1 aliphatic carbocycles. The monoisotopic (exact) mass is 233 g/mol. The molecule has 0 radical (unpaired) electrons. The SMILES string of the molecule is NC(c1ccccc1CCC(=O)O)C1CCC1. The average Bonchev–Trinajstić information content (AvgIpc) is 2.24. The number of rotatable bonds is 5. The minimum atomic E-state index is -0.753. The summed E-state index contributed by atoms with van der Waals surface area (Å²) in [6.07, 6.45) is 4.43. The van der Waals surface area contributed by atoms with Crippen LogP contribution in [0.25, 0.3) is 0 Å². The Bertz CT molecular complexity index is 399. The second-order valence-electron chi connectivity index (χ2n) is 4.81. The zero-order chi connectivity index (χ0) is 12.3. The molecular weight excluding hydrogens is 214 g/mol. The zero-order valence-electron chi connectivity index (χ0n) is 9.93. The van der Waals surface area contributed by atoms with Crippen LogP contribution in [0, 0.1) is 5.92 Å². The molecule has 3 nitrogen and oxygen atoms in total. The maximum Gasteiger partial charge on any atom is 0.303 e. The summed E-state index contributed by atoms with van der Waals surface area (Å²) in [5, 5.41) is 8.74. The number of aliphatic carboxylic acids is 1. The Balaban J connectivity index is 2.11. The van der Waals surface area contributed by atoms with Crippen LogP contribution in [-0.4, -0.2) is 11.1 Å². The molecular formula is C14H19NO2. The van der Waals surface area contributed by atoms with Gasteiger partial charge in [-0.05, 0) is 36.3 Å². The molecule has 0 aromatic heterocycles. The summed E-state index contributed by atoms with van der Waals surface area (Å²) < 4.78 is 0. The molecule has 92 valence electrons. The lowest BCUT2D eigenvalue weighted by atomic mass is 9.76. The molecule has 3 N–H and O–H groups in total.